The maximum atomic E-state index is 13.6. The first-order valence-electron chi connectivity index (χ1n) is 10.6. The van der Waals surface area contributed by atoms with Crippen molar-refractivity contribution in [2.75, 3.05) is 7.11 Å². The molecule has 1 fully saturated rings. The van der Waals surface area contributed by atoms with E-state index in [0.717, 1.165) is 31.2 Å². The Labute approximate surface area is 180 Å². The van der Waals surface area contributed by atoms with E-state index in [1.807, 2.05) is 12.1 Å². The van der Waals surface area contributed by atoms with Crippen LogP contribution in [0.15, 0.2) is 54.1 Å². The third kappa shape index (κ3) is 3.24. The van der Waals surface area contributed by atoms with E-state index in [2.05, 4.69) is 4.98 Å². The Balaban J connectivity index is 1.61. The van der Waals surface area contributed by atoms with Crippen LogP contribution in [0.4, 0.5) is 0 Å². The molecule has 1 aromatic carbocycles. The van der Waals surface area contributed by atoms with Gasteiger partial charge in [0.2, 0.25) is 0 Å². The molecule has 160 valence electrons. The predicted octanol–water partition coefficient (Wildman–Crippen LogP) is 3.29. The van der Waals surface area contributed by atoms with Crippen LogP contribution in [0.5, 0.6) is 11.5 Å². The normalized spacial score (nSPS) is 25.2. The summed E-state index contributed by atoms with van der Waals surface area (Å²) in [6.45, 7) is 0.314. The van der Waals surface area contributed by atoms with Crippen LogP contribution in [0.3, 0.4) is 0 Å². The van der Waals surface area contributed by atoms with E-state index in [-0.39, 0.29) is 35.2 Å². The highest BCUT2D eigenvalue weighted by molar-refractivity contribution is 6.11. The average Bonchev–Trinajstić information content (AvgIpc) is 3.07. The van der Waals surface area contributed by atoms with E-state index in [1.165, 1.54) is 13.2 Å². The summed E-state index contributed by atoms with van der Waals surface area (Å²) in [7, 11) is 1.47. The number of methoxy groups -OCH3 is 1. The summed E-state index contributed by atoms with van der Waals surface area (Å²) in [5, 5.41) is 10.1. The third-order valence-electron chi connectivity index (χ3n) is 6.48. The SMILES string of the molecule is COc1cc(C2C3=C(OC4CCCCC4C3=O)C(=O)N2Cc2ccncc2)ccc1O. The summed E-state index contributed by atoms with van der Waals surface area (Å²) in [5.41, 5.74) is 2.03. The van der Waals surface area contributed by atoms with Gasteiger partial charge in [-0.2, -0.15) is 0 Å². The molecule has 0 bridgehead atoms. The van der Waals surface area contributed by atoms with E-state index in [0.29, 0.717) is 23.4 Å². The molecule has 1 aliphatic carbocycles. The lowest BCUT2D eigenvalue weighted by Gasteiger charge is -2.35. The summed E-state index contributed by atoms with van der Waals surface area (Å²) in [6.07, 6.45) is 6.71. The number of phenolic OH excluding ortho intramolecular Hbond substituents is 1. The summed E-state index contributed by atoms with van der Waals surface area (Å²) in [6, 6.07) is 8.04. The number of rotatable bonds is 4. The minimum absolute atomic E-state index is 0.00373. The maximum Gasteiger partial charge on any atom is 0.290 e. The number of phenols is 1. The lowest BCUT2D eigenvalue weighted by Crippen LogP contribution is -2.39. The van der Waals surface area contributed by atoms with Gasteiger partial charge in [0.25, 0.3) is 5.91 Å². The van der Waals surface area contributed by atoms with Gasteiger partial charge in [-0.25, -0.2) is 0 Å². The minimum Gasteiger partial charge on any atom is -0.504 e. The highest BCUT2D eigenvalue weighted by atomic mass is 16.5. The monoisotopic (exact) mass is 420 g/mol. The van der Waals surface area contributed by atoms with Gasteiger partial charge in [-0.3, -0.25) is 14.6 Å². The Morgan fingerprint density at radius 1 is 1.16 bits per heavy atom. The Bertz CT molecular complexity index is 1060. The lowest BCUT2D eigenvalue weighted by atomic mass is 9.77. The van der Waals surface area contributed by atoms with E-state index in [4.69, 9.17) is 9.47 Å². The summed E-state index contributed by atoms with van der Waals surface area (Å²) in [5.74, 6) is 0.00309. The first-order valence-corrected chi connectivity index (χ1v) is 10.6. The number of fused-ring (bicyclic) bond motifs is 1. The van der Waals surface area contributed by atoms with Gasteiger partial charge in [0, 0.05) is 18.9 Å². The molecule has 3 heterocycles. The molecule has 0 spiro atoms. The molecule has 0 radical (unpaired) electrons. The molecule has 2 aliphatic heterocycles. The number of aromatic nitrogens is 1. The van der Waals surface area contributed by atoms with E-state index in [1.54, 1.807) is 29.4 Å². The van der Waals surface area contributed by atoms with Gasteiger partial charge in [0.1, 0.15) is 6.10 Å². The number of hydrogen-bond donors (Lipinski definition) is 1. The second kappa shape index (κ2) is 7.72. The molecule has 31 heavy (non-hydrogen) atoms. The van der Waals surface area contributed by atoms with Crippen LogP contribution in [0.25, 0.3) is 0 Å². The number of amides is 1. The highest BCUT2D eigenvalue weighted by Gasteiger charge is 2.51. The maximum absolute atomic E-state index is 13.6. The van der Waals surface area contributed by atoms with Crippen molar-refractivity contribution < 1.29 is 24.2 Å². The Hall–Kier alpha value is -3.35. The van der Waals surface area contributed by atoms with Crippen molar-refractivity contribution in [3.8, 4) is 11.5 Å². The molecule has 1 N–H and O–H groups in total. The number of benzene rings is 1. The Morgan fingerprint density at radius 2 is 1.94 bits per heavy atom. The quantitative estimate of drug-likeness (QED) is 0.817. The van der Waals surface area contributed by atoms with Crippen molar-refractivity contribution in [3.05, 3.63) is 65.2 Å². The number of ketones is 1. The number of aromatic hydroxyl groups is 1. The van der Waals surface area contributed by atoms with Crippen LogP contribution in [0, 0.1) is 5.92 Å². The number of pyridine rings is 1. The van der Waals surface area contributed by atoms with Gasteiger partial charge < -0.3 is 19.5 Å². The Morgan fingerprint density at radius 3 is 2.71 bits per heavy atom. The molecule has 5 rings (SSSR count). The third-order valence-corrected chi connectivity index (χ3v) is 6.48. The van der Waals surface area contributed by atoms with Crippen molar-refractivity contribution in [2.45, 2.75) is 44.4 Å². The van der Waals surface area contributed by atoms with Gasteiger partial charge in [-0.05, 0) is 54.7 Å². The molecule has 7 heteroatoms. The number of carbonyl (C=O) groups excluding carboxylic acids is 2. The fourth-order valence-electron chi connectivity index (χ4n) is 4.95. The van der Waals surface area contributed by atoms with E-state index < -0.39 is 6.04 Å². The number of ether oxygens (including phenoxy) is 2. The van der Waals surface area contributed by atoms with Gasteiger partial charge in [0.05, 0.1) is 24.6 Å². The van der Waals surface area contributed by atoms with Crippen LogP contribution in [0.1, 0.15) is 42.9 Å². The van der Waals surface area contributed by atoms with Gasteiger partial charge in [0.15, 0.2) is 23.0 Å². The summed E-state index contributed by atoms with van der Waals surface area (Å²) >= 11 is 0. The number of hydrogen-bond acceptors (Lipinski definition) is 6. The largest absolute Gasteiger partial charge is 0.504 e. The second-order valence-corrected chi connectivity index (χ2v) is 8.28. The van der Waals surface area contributed by atoms with Crippen molar-refractivity contribution in [1.29, 1.82) is 0 Å². The summed E-state index contributed by atoms with van der Waals surface area (Å²) < 4.78 is 11.5. The van der Waals surface area contributed by atoms with Crippen molar-refractivity contribution in [1.82, 2.24) is 9.88 Å². The fourth-order valence-corrected chi connectivity index (χ4v) is 4.95. The number of carbonyl (C=O) groups is 2. The standard InChI is InChI=1S/C24H24N2O5/c1-30-19-12-15(6-7-17(19)27)21-20-22(28)16-4-2-3-5-18(16)31-23(20)24(29)26(21)13-14-8-10-25-11-9-14/h6-12,16,18,21,27H,2-5,13H2,1H3. The zero-order chi connectivity index (χ0) is 21.5. The van der Waals surface area contributed by atoms with Crippen molar-refractivity contribution >= 4 is 11.7 Å². The van der Waals surface area contributed by atoms with Crippen LogP contribution in [-0.2, 0) is 20.9 Å². The van der Waals surface area contributed by atoms with E-state index >= 15 is 0 Å². The molecule has 0 saturated heterocycles. The Kier molecular flexibility index (Phi) is 4.88. The topological polar surface area (TPSA) is 89.0 Å². The molecule has 1 amide bonds. The first kappa shape index (κ1) is 19.6. The van der Waals surface area contributed by atoms with Gasteiger partial charge in [-0.15, -0.1) is 0 Å². The smallest absolute Gasteiger partial charge is 0.290 e. The summed E-state index contributed by atoms with van der Waals surface area (Å²) in [4.78, 5) is 32.8. The van der Waals surface area contributed by atoms with Crippen LogP contribution < -0.4 is 4.74 Å². The molecule has 2 aromatic rings. The molecule has 3 atom stereocenters. The zero-order valence-electron chi connectivity index (χ0n) is 17.3. The molecule has 3 unspecified atom stereocenters. The second-order valence-electron chi connectivity index (χ2n) is 8.28. The number of Topliss-reactive ketones (excluding diaryl/α,β-unsaturated/α-hetero) is 1. The van der Waals surface area contributed by atoms with E-state index in [9.17, 15) is 14.7 Å². The van der Waals surface area contributed by atoms with Crippen LogP contribution in [-0.4, -0.2) is 39.9 Å². The van der Waals surface area contributed by atoms with Gasteiger partial charge >= 0.3 is 0 Å². The van der Waals surface area contributed by atoms with Gasteiger partial charge in [-0.1, -0.05) is 12.5 Å². The molecule has 1 aromatic heterocycles. The number of nitrogens with zero attached hydrogens (tertiary/aromatic N) is 2. The van der Waals surface area contributed by atoms with Crippen LogP contribution >= 0.6 is 0 Å². The predicted molar refractivity (Wildman–Crippen MR) is 111 cm³/mol. The van der Waals surface area contributed by atoms with Crippen molar-refractivity contribution in [2.24, 2.45) is 5.92 Å². The highest BCUT2D eigenvalue weighted by Crippen LogP contribution is 2.48. The molecule has 7 nitrogen and oxygen atoms in total. The molecule has 1 saturated carbocycles. The molecular formula is C24H24N2O5. The zero-order valence-corrected chi connectivity index (χ0v) is 17.3. The average molecular weight is 420 g/mol. The van der Waals surface area contributed by atoms with Crippen LogP contribution in [0.2, 0.25) is 0 Å². The lowest BCUT2D eigenvalue weighted by molar-refractivity contribution is -0.135. The molecule has 3 aliphatic rings. The first-order chi connectivity index (χ1) is 15.1. The fraction of sp³-hybridized carbons (Fsp3) is 0.375. The minimum atomic E-state index is -0.597. The van der Waals surface area contributed by atoms with Crippen molar-refractivity contribution in [3.63, 3.8) is 0 Å². The molecular weight excluding hydrogens is 396 g/mol.